The molecule has 0 heterocycles. The lowest BCUT2D eigenvalue weighted by Crippen LogP contribution is -2.37. The monoisotopic (exact) mass is 478 g/mol. The van der Waals surface area contributed by atoms with Gasteiger partial charge in [0.1, 0.15) is 5.75 Å². The summed E-state index contributed by atoms with van der Waals surface area (Å²) in [5.41, 5.74) is 0.584. The van der Waals surface area contributed by atoms with Crippen molar-refractivity contribution in [3.8, 4) is 5.75 Å². The molecule has 0 saturated heterocycles. The van der Waals surface area contributed by atoms with Crippen molar-refractivity contribution >= 4 is 21.6 Å². The molecule has 0 unspecified atom stereocenters. The van der Waals surface area contributed by atoms with Gasteiger partial charge in [0, 0.05) is 6.54 Å². The van der Waals surface area contributed by atoms with Gasteiger partial charge in [-0.3, -0.25) is 4.79 Å². The zero-order valence-electron chi connectivity index (χ0n) is 17.8. The molecule has 174 valence electrons. The third kappa shape index (κ3) is 5.52. The van der Waals surface area contributed by atoms with Crippen molar-refractivity contribution in [1.29, 1.82) is 0 Å². The Hall–Kier alpha value is -3.37. The second kappa shape index (κ2) is 10.1. The van der Waals surface area contributed by atoms with E-state index in [-0.39, 0.29) is 11.4 Å². The largest absolute Gasteiger partial charge is 0.496 e. The molecule has 0 saturated carbocycles. The van der Waals surface area contributed by atoms with Crippen LogP contribution in [0.2, 0.25) is 0 Å². The van der Waals surface area contributed by atoms with Crippen LogP contribution in [-0.4, -0.2) is 32.3 Å². The van der Waals surface area contributed by atoms with E-state index in [2.05, 4.69) is 5.32 Å². The van der Waals surface area contributed by atoms with E-state index in [1.807, 2.05) is 0 Å². The number of nitrogens with zero attached hydrogens (tertiary/aromatic N) is 1. The number of nitrogens with one attached hydrogen (secondary N) is 1. The smallest absolute Gasteiger partial charge is 0.243 e. The summed E-state index contributed by atoms with van der Waals surface area (Å²) in [6.45, 7) is 0.834. The Labute approximate surface area is 189 Å². The van der Waals surface area contributed by atoms with Crippen LogP contribution in [0, 0.1) is 24.4 Å². The molecule has 0 aromatic heterocycles. The van der Waals surface area contributed by atoms with Gasteiger partial charge in [-0.25, -0.2) is 21.6 Å². The first-order valence-corrected chi connectivity index (χ1v) is 11.2. The topological polar surface area (TPSA) is 75.7 Å². The van der Waals surface area contributed by atoms with E-state index >= 15 is 0 Å². The second-order valence-electron chi connectivity index (χ2n) is 7.16. The third-order valence-corrected chi connectivity index (χ3v) is 6.62. The lowest BCUT2D eigenvalue weighted by Gasteiger charge is -2.22. The first-order valence-electron chi connectivity index (χ1n) is 9.75. The highest BCUT2D eigenvalue weighted by atomic mass is 32.2. The molecule has 10 heteroatoms. The van der Waals surface area contributed by atoms with Gasteiger partial charge in [0.2, 0.25) is 15.9 Å². The van der Waals surface area contributed by atoms with Gasteiger partial charge in [-0.05, 0) is 48.4 Å². The summed E-state index contributed by atoms with van der Waals surface area (Å²) in [6.07, 6.45) is 0. The number of hydrogen-bond acceptors (Lipinski definition) is 4. The van der Waals surface area contributed by atoms with Gasteiger partial charge >= 0.3 is 0 Å². The number of halogens is 3. The van der Waals surface area contributed by atoms with Crippen LogP contribution in [0.15, 0.2) is 65.6 Å². The second-order valence-corrected chi connectivity index (χ2v) is 9.10. The fraction of sp³-hybridized carbons (Fsp3) is 0.174. The molecule has 3 aromatic carbocycles. The fourth-order valence-electron chi connectivity index (χ4n) is 3.15. The van der Waals surface area contributed by atoms with Crippen LogP contribution in [0.5, 0.6) is 5.75 Å². The van der Waals surface area contributed by atoms with Crippen LogP contribution in [0.25, 0.3) is 0 Å². The van der Waals surface area contributed by atoms with Crippen LogP contribution in [0.4, 0.5) is 18.9 Å². The molecule has 0 aliphatic rings. The van der Waals surface area contributed by atoms with Gasteiger partial charge in [0.25, 0.3) is 0 Å². The molecule has 33 heavy (non-hydrogen) atoms. The molecule has 6 nitrogen and oxygen atoms in total. The highest BCUT2D eigenvalue weighted by Gasteiger charge is 2.28. The molecule has 1 N–H and O–H groups in total. The molecule has 0 radical (unpaired) electrons. The Morgan fingerprint density at radius 2 is 1.70 bits per heavy atom. The highest BCUT2D eigenvalue weighted by molar-refractivity contribution is 7.89. The van der Waals surface area contributed by atoms with E-state index in [1.165, 1.54) is 25.3 Å². The van der Waals surface area contributed by atoms with Gasteiger partial charge in [-0.2, -0.15) is 4.31 Å². The van der Waals surface area contributed by atoms with Crippen molar-refractivity contribution in [2.75, 3.05) is 19.0 Å². The Balaban J connectivity index is 1.92. The molecular weight excluding hydrogens is 457 g/mol. The average Bonchev–Trinajstić information content (AvgIpc) is 2.79. The van der Waals surface area contributed by atoms with Gasteiger partial charge in [0.05, 0.1) is 24.2 Å². The summed E-state index contributed by atoms with van der Waals surface area (Å²) in [7, 11) is -2.71. The average molecular weight is 478 g/mol. The number of anilines is 1. The van der Waals surface area contributed by atoms with Crippen molar-refractivity contribution in [3.63, 3.8) is 0 Å². The van der Waals surface area contributed by atoms with Gasteiger partial charge in [-0.15, -0.1) is 0 Å². The van der Waals surface area contributed by atoms with E-state index in [0.29, 0.717) is 22.9 Å². The highest BCUT2D eigenvalue weighted by Crippen LogP contribution is 2.25. The number of rotatable bonds is 8. The summed E-state index contributed by atoms with van der Waals surface area (Å²) in [5, 5.41) is 2.10. The number of sulfonamides is 1. The maximum Gasteiger partial charge on any atom is 0.243 e. The van der Waals surface area contributed by atoms with E-state index in [1.54, 1.807) is 37.3 Å². The molecule has 0 aliphatic carbocycles. The predicted octanol–water partition coefficient (Wildman–Crippen LogP) is 4.25. The van der Waals surface area contributed by atoms with Crippen molar-refractivity contribution in [2.24, 2.45) is 0 Å². The van der Waals surface area contributed by atoms with E-state index in [0.717, 1.165) is 10.4 Å². The molecule has 0 bridgehead atoms. The van der Waals surface area contributed by atoms with Crippen LogP contribution in [0.1, 0.15) is 11.1 Å². The molecule has 0 atom stereocenters. The van der Waals surface area contributed by atoms with Crippen LogP contribution >= 0.6 is 0 Å². The zero-order valence-corrected chi connectivity index (χ0v) is 18.6. The minimum Gasteiger partial charge on any atom is -0.496 e. The Morgan fingerprint density at radius 1 is 1.00 bits per heavy atom. The molecule has 1 amide bonds. The summed E-state index contributed by atoms with van der Waals surface area (Å²) in [4.78, 5) is 12.5. The maximum absolute atomic E-state index is 13.9. The Bertz CT molecular complexity index is 1270. The van der Waals surface area contributed by atoms with Gasteiger partial charge in [0.15, 0.2) is 17.5 Å². The van der Waals surface area contributed by atoms with Crippen LogP contribution < -0.4 is 10.1 Å². The molecule has 0 spiro atoms. The zero-order chi connectivity index (χ0) is 24.2. The predicted molar refractivity (Wildman–Crippen MR) is 117 cm³/mol. The summed E-state index contributed by atoms with van der Waals surface area (Å²) < 4.78 is 73.4. The van der Waals surface area contributed by atoms with Gasteiger partial charge < -0.3 is 10.1 Å². The molecular formula is C23H21F3N2O4S. The van der Waals surface area contributed by atoms with Crippen molar-refractivity contribution in [1.82, 2.24) is 4.31 Å². The molecule has 3 aromatic rings. The molecule has 0 aliphatic heterocycles. The first kappa shape index (κ1) is 24.3. The Morgan fingerprint density at radius 3 is 2.33 bits per heavy atom. The van der Waals surface area contributed by atoms with Gasteiger partial charge in [-0.1, -0.05) is 30.3 Å². The summed E-state index contributed by atoms with van der Waals surface area (Å²) >= 11 is 0. The van der Waals surface area contributed by atoms with Crippen molar-refractivity contribution in [2.45, 2.75) is 18.4 Å². The number of aryl methyl sites for hydroxylation is 1. The minimum atomic E-state index is -4.17. The Kier molecular flexibility index (Phi) is 7.39. The number of benzene rings is 3. The van der Waals surface area contributed by atoms with Crippen molar-refractivity contribution < 1.29 is 31.1 Å². The van der Waals surface area contributed by atoms with E-state index in [4.69, 9.17) is 4.74 Å². The minimum absolute atomic E-state index is 0.0662. The van der Waals surface area contributed by atoms with E-state index < -0.39 is 45.6 Å². The number of methoxy groups -OCH3 is 1. The quantitative estimate of drug-likeness (QED) is 0.491. The van der Waals surface area contributed by atoms with Crippen LogP contribution in [-0.2, 0) is 21.4 Å². The lowest BCUT2D eigenvalue weighted by atomic mass is 10.2. The third-order valence-electron chi connectivity index (χ3n) is 4.84. The number of carbonyl (C=O) groups excluding carboxylic acids is 1. The lowest BCUT2D eigenvalue weighted by molar-refractivity contribution is -0.116. The number of carbonyl (C=O) groups is 1. The summed E-state index contributed by atoms with van der Waals surface area (Å²) in [6, 6.07) is 14.4. The normalized spacial score (nSPS) is 11.5. The maximum atomic E-state index is 13.9. The fourth-order valence-corrected chi connectivity index (χ4v) is 4.62. The molecule has 0 fully saturated rings. The first-order chi connectivity index (χ1) is 15.6. The summed E-state index contributed by atoms with van der Waals surface area (Å²) in [5.74, 6) is -5.16. The SMILES string of the molecule is COc1ccc(S(=O)(=O)N(CC(=O)Nc2ccc(F)c(F)c2F)Cc2ccccc2)cc1C. The standard InChI is InChI=1S/C23H21F3N2O4S/c1-15-12-17(8-11-20(15)32-2)33(30,31)28(13-16-6-4-3-5-7-16)14-21(29)27-19-10-9-18(24)22(25)23(19)26/h3-12H,13-14H2,1-2H3,(H,27,29). The van der Waals surface area contributed by atoms with E-state index in [9.17, 15) is 26.4 Å². The van der Waals surface area contributed by atoms with Crippen molar-refractivity contribution in [3.05, 3.63) is 89.2 Å². The number of ether oxygens (including phenoxy) is 1. The number of amides is 1. The molecule has 3 rings (SSSR count). The van der Waals surface area contributed by atoms with Crippen LogP contribution in [0.3, 0.4) is 0 Å². The number of hydrogen-bond donors (Lipinski definition) is 1.